The molecule has 1 saturated heterocycles. The lowest BCUT2D eigenvalue weighted by Crippen LogP contribution is -2.53. The lowest BCUT2D eigenvalue weighted by atomic mass is 10.1. The average Bonchev–Trinajstić information content (AvgIpc) is 3.23. The summed E-state index contributed by atoms with van der Waals surface area (Å²) in [6, 6.07) is 10.6. The summed E-state index contributed by atoms with van der Waals surface area (Å²) in [5.41, 5.74) is 6.75. The Labute approximate surface area is 180 Å². The van der Waals surface area contributed by atoms with Crippen LogP contribution < -0.4 is 11.1 Å². The third kappa shape index (κ3) is 5.24. The molecule has 0 radical (unpaired) electrons. The highest BCUT2D eigenvalue weighted by molar-refractivity contribution is 14.0. The van der Waals surface area contributed by atoms with Crippen molar-refractivity contribution in [3.63, 3.8) is 0 Å². The summed E-state index contributed by atoms with van der Waals surface area (Å²) in [5.74, 6) is 0.578. The van der Waals surface area contributed by atoms with Gasteiger partial charge in [0, 0.05) is 45.3 Å². The maximum absolute atomic E-state index is 12.3. The Kier molecular flexibility index (Phi) is 7.85. The van der Waals surface area contributed by atoms with Crippen molar-refractivity contribution in [1.29, 1.82) is 0 Å². The molecule has 0 bridgehead atoms. The minimum Gasteiger partial charge on any atom is -0.459 e. The van der Waals surface area contributed by atoms with E-state index in [2.05, 4.69) is 15.2 Å². The van der Waals surface area contributed by atoms with Gasteiger partial charge in [-0.15, -0.1) is 24.0 Å². The lowest BCUT2D eigenvalue weighted by molar-refractivity contribution is 0.0657. The predicted octanol–water partition coefficient (Wildman–Crippen LogP) is 1.53. The van der Waals surface area contributed by atoms with E-state index in [0.717, 1.165) is 11.5 Å². The van der Waals surface area contributed by atoms with Crippen LogP contribution in [-0.4, -0.2) is 60.8 Å². The summed E-state index contributed by atoms with van der Waals surface area (Å²) < 4.78 is 5.18. The number of hydrogen-bond acceptors (Lipinski definition) is 4. The van der Waals surface area contributed by atoms with Crippen molar-refractivity contribution in [2.24, 2.45) is 10.7 Å². The number of nitrogens with two attached hydrogens (primary N) is 1. The van der Waals surface area contributed by atoms with Gasteiger partial charge in [-0.1, -0.05) is 12.1 Å². The quantitative estimate of drug-likeness (QED) is 0.379. The third-order valence-corrected chi connectivity index (χ3v) is 4.47. The van der Waals surface area contributed by atoms with Crippen molar-refractivity contribution in [2.45, 2.75) is 6.54 Å². The molecule has 0 unspecified atom stereocenters. The smallest absolute Gasteiger partial charge is 0.289 e. The maximum Gasteiger partial charge on any atom is 0.289 e. The second kappa shape index (κ2) is 10.1. The largest absolute Gasteiger partial charge is 0.459 e. The molecule has 1 aliphatic heterocycles. The van der Waals surface area contributed by atoms with E-state index in [1.165, 1.54) is 6.26 Å². The van der Waals surface area contributed by atoms with Crippen molar-refractivity contribution >= 4 is 41.8 Å². The molecule has 0 saturated carbocycles. The van der Waals surface area contributed by atoms with Crippen LogP contribution in [0.2, 0.25) is 0 Å². The first-order valence-corrected chi connectivity index (χ1v) is 8.75. The Morgan fingerprint density at radius 3 is 2.46 bits per heavy atom. The number of guanidine groups is 1. The Morgan fingerprint density at radius 2 is 1.86 bits per heavy atom. The highest BCUT2D eigenvalue weighted by atomic mass is 127. The second-order valence-corrected chi connectivity index (χ2v) is 6.22. The number of piperazine rings is 1. The average molecular weight is 497 g/mol. The van der Waals surface area contributed by atoms with E-state index in [1.807, 2.05) is 6.07 Å². The molecule has 1 aromatic heterocycles. The molecule has 1 aromatic carbocycles. The van der Waals surface area contributed by atoms with Crippen molar-refractivity contribution in [1.82, 2.24) is 15.1 Å². The van der Waals surface area contributed by atoms with E-state index in [0.29, 0.717) is 44.0 Å². The number of nitrogens with zero attached hydrogens (tertiary/aromatic N) is 3. The van der Waals surface area contributed by atoms with Gasteiger partial charge in [0.15, 0.2) is 11.7 Å². The van der Waals surface area contributed by atoms with Crippen LogP contribution in [0.1, 0.15) is 26.5 Å². The maximum atomic E-state index is 12.3. The zero-order valence-electron chi connectivity index (χ0n) is 15.6. The molecule has 3 N–H and O–H groups in total. The van der Waals surface area contributed by atoms with Gasteiger partial charge in [0.1, 0.15) is 0 Å². The highest BCUT2D eigenvalue weighted by Crippen LogP contribution is 2.10. The summed E-state index contributed by atoms with van der Waals surface area (Å²) in [6.07, 6.45) is 1.50. The molecule has 150 valence electrons. The standard InChI is InChI=1S/C19H23N5O3.HI/c1-21-19(22-13-14-4-2-5-15(12-14)17(20)25)24-9-7-23(8-10-24)18(26)16-6-3-11-27-16;/h2-6,11-12H,7-10,13H2,1H3,(H2,20,25)(H,21,22);1H. The SMILES string of the molecule is CN=C(NCc1cccc(C(N)=O)c1)N1CCN(C(=O)c2ccco2)CC1.I. The number of primary amides is 1. The van der Waals surface area contributed by atoms with E-state index in [9.17, 15) is 9.59 Å². The van der Waals surface area contributed by atoms with Gasteiger partial charge in [0.25, 0.3) is 5.91 Å². The van der Waals surface area contributed by atoms with Crippen LogP contribution in [0.15, 0.2) is 52.1 Å². The van der Waals surface area contributed by atoms with Gasteiger partial charge in [-0.05, 0) is 29.8 Å². The fraction of sp³-hybridized carbons (Fsp3) is 0.316. The zero-order valence-corrected chi connectivity index (χ0v) is 18.0. The Morgan fingerprint density at radius 1 is 1.14 bits per heavy atom. The molecular formula is C19H24IN5O3. The van der Waals surface area contributed by atoms with Crippen molar-refractivity contribution in [2.75, 3.05) is 33.2 Å². The number of nitrogens with one attached hydrogen (secondary N) is 1. The molecule has 3 rings (SSSR count). The molecule has 8 nitrogen and oxygen atoms in total. The Hall–Kier alpha value is -2.56. The monoisotopic (exact) mass is 497 g/mol. The number of amides is 2. The van der Waals surface area contributed by atoms with E-state index >= 15 is 0 Å². The molecule has 2 aromatic rings. The lowest BCUT2D eigenvalue weighted by Gasteiger charge is -2.36. The molecule has 28 heavy (non-hydrogen) atoms. The van der Waals surface area contributed by atoms with Crippen molar-refractivity contribution in [3.05, 3.63) is 59.5 Å². The summed E-state index contributed by atoms with van der Waals surface area (Å²) in [4.78, 5) is 31.8. The molecular weight excluding hydrogens is 473 g/mol. The number of carbonyl (C=O) groups excluding carboxylic acids is 2. The molecule has 1 fully saturated rings. The van der Waals surface area contributed by atoms with Gasteiger partial charge >= 0.3 is 0 Å². The van der Waals surface area contributed by atoms with Gasteiger partial charge in [-0.2, -0.15) is 0 Å². The van der Waals surface area contributed by atoms with Crippen LogP contribution in [0.25, 0.3) is 0 Å². The van der Waals surface area contributed by atoms with Crippen molar-refractivity contribution in [3.8, 4) is 0 Å². The number of carbonyl (C=O) groups is 2. The fourth-order valence-electron chi connectivity index (χ4n) is 3.03. The zero-order chi connectivity index (χ0) is 19.2. The summed E-state index contributed by atoms with van der Waals surface area (Å²) in [7, 11) is 1.72. The number of halogens is 1. The molecule has 2 heterocycles. The summed E-state index contributed by atoms with van der Waals surface area (Å²) in [6.45, 7) is 3.06. The summed E-state index contributed by atoms with van der Waals surface area (Å²) in [5, 5.41) is 3.30. The molecule has 2 amide bonds. The summed E-state index contributed by atoms with van der Waals surface area (Å²) >= 11 is 0. The Bertz CT molecular complexity index is 830. The van der Waals surface area contributed by atoms with E-state index in [1.54, 1.807) is 42.3 Å². The first-order valence-electron chi connectivity index (χ1n) is 8.75. The predicted molar refractivity (Wildman–Crippen MR) is 117 cm³/mol. The molecule has 9 heteroatoms. The molecule has 0 aliphatic carbocycles. The highest BCUT2D eigenvalue weighted by Gasteiger charge is 2.25. The van der Waals surface area contributed by atoms with Gasteiger partial charge in [-0.3, -0.25) is 14.6 Å². The topological polar surface area (TPSA) is 104 Å². The molecule has 0 spiro atoms. The van der Waals surface area contributed by atoms with E-state index < -0.39 is 5.91 Å². The van der Waals surface area contributed by atoms with Gasteiger partial charge < -0.3 is 25.3 Å². The number of hydrogen-bond donors (Lipinski definition) is 2. The number of benzene rings is 1. The van der Waals surface area contributed by atoms with Gasteiger partial charge in [0.05, 0.1) is 6.26 Å². The van der Waals surface area contributed by atoms with Gasteiger partial charge in [0.2, 0.25) is 5.91 Å². The second-order valence-electron chi connectivity index (χ2n) is 6.22. The van der Waals surface area contributed by atoms with Crippen LogP contribution in [0, 0.1) is 0 Å². The number of aliphatic imine (C=N–C) groups is 1. The van der Waals surface area contributed by atoms with Crippen LogP contribution in [0.4, 0.5) is 0 Å². The molecule has 1 aliphatic rings. The van der Waals surface area contributed by atoms with Crippen LogP contribution in [0.5, 0.6) is 0 Å². The number of rotatable bonds is 4. The normalized spacial score (nSPS) is 14.4. The van der Waals surface area contributed by atoms with Crippen LogP contribution in [-0.2, 0) is 6.54 Å². The third-order valence-electron chi connectivity index (χ3n) is 4.47. The Balaban J connectivity index is 0.00000280. The first kappa shape index (κ1) is 21.7. The fourth-order valence-corrected chi connectivity index (χ4v) is 3.03. The first-order chi connectivity index (χ1) is 13.1. The minimum atomic E-state index is -0.446. The van der Waals surface area contributed by atoms with Crippen LogP contribution >= 0.6 is 24.0 Å². The van der Waals surface area contributed by atoms with E-state index in [4.69, 9.17) is 10.2 Å². The van der Waals surface area contributed by atoms with Crippen LogP contribution in [0.3, 0.4) is 0 Å². The van der Waals surface area contributed by atoms with Crippen molar-refractivity contribution < 1.29 is 14.0 Å². The molecule has 0 atom stereocenters. The minimum absolute atomic E-state index is 0. The number of furan rings is 1. The van der Waals surface area contributed by atoms with E-state index in [-0.39, 0.29) is 29.9 Å². The van der Waals surface area contributed by atoms with Gasteiger partial charge in [-0.25, -0.2) is 0 Å².